The number of rotatable bonds is 5. The first-order chi connectivity index (χ1) is 9.13. The van der Waals surface area contributed by atoms with E-state index in [0.29, 0.717) is 6.61 Å². The summed E-state index contributed by atoms with van der Waals surface area (Å²) in [5, 5.41) is 9.96. The van der Waals surface area contributed by atoms with Crippen LogP contribution in [0.1, 0.15) is 19.4 Å². The van der Waals surface area contributed by atoms with Gasteiger partial charge in [-0.15, -0.1) is 0 Å². The van der Waals surface area contributed by atoms with Crippen LogP contribution in [0.25, 0.3) is 0 Å². The van der Waals surface area contributed by atoms with Crippen molar-refractivity contribution < 1.29 is 19.3 Å². The van der Waals surface area contributed by atoms with Gasteiger partial charge in [0.15, 0.2) is 6.29 Å². The van der Waals surface area contributed by atoms with Gasteiger partial charge in [0.1, 0.15) is 6.10 Å². The minimum atomic E-state index is -0.599. The van der Waals surface area contributed by atoms with E-state index in [0.717, 1.165) is 5.56 Å². The standard InChI is InChI=1S/C15H22O4/c1-10-13(16)15(17-3)19-14(10)11(2)18-9-12-7-5-4-6-8-12/h4-8,10-11,13-16H,9H2,1-3H3/t10-,11+,13-,14-,15-/m0/s1. The molecule has 0 radical (unpaired) electrons. The minimum Gasteiger partial charge on any atom is -0.387 e. The van der Waals surface area contributed by atoms with Gasteiger partial charge in [0.25, 0.3) is 0 Å². The Hall–Kier alpha value is -0.940. The van der Waals surface area contributed by atoms with Gasteiger partial charge in [-0.2, -0.15) is 0 Å². The molecule has 1 aromatic rings. The maximum absolute atomic E-state index is 9.96. The van der Waals surface area contributed by atoms with Gasteiger partial charge in [-0.25, -0.2) is 0 Å². The van der Waals surface area contributed by atoms with Gasteiger partial charge in [-0.1, -0.05) is 37.3 Å². The van der Waals surface area contributed by atoms with Crippen LogP contribution in [0.15, 0.2) is 30.3 Å². The predicted molar refractivity (Wildman–Crippen MR) is 71.5 cm³/mol. The molecule has 19 heavy (non-hydrogen) atoms. The van der Waals surface area contributed by atoms with E-state index in [4.69, 9.17) is 14.2 Å². The fraction of sp³-hybridized carbons (Fsp3) is 0.600. The highest BCUT2D eigenvalue weighted by Gasteiger charge is 2.43. The van der Waals surface area contributed by atoms with Crippen LogP contribution in [-0.2, 0) is 20.8 Å². The number of aliphatic hydroxyl groups is 1. The molecule has 0 unspecified atom stereocenters. The van der Waals surface area contributed by atoms with Crippen molar-refractivity contribution in [1.82, 2.24) is 0 Å². The van der Waals surface area contributed by atoms with Crippen molar-refractivity contribution in [3.8, 4) is 0 Å². The van der Waals surface area contributed by atoms with E-state index in [1.807, 2.05) is 44.2 Å². The lowest BCUT2D eigenvalue weighted by atomic mass is 9.97. The van der Waals surface area contributed by atoms with Gasteiger partial charge < -0.3 is 19.3 Å². The lowest BCUT2D eigenvalue weighted by molar-refractivity contribution is -0.168. The van der Waals surface area contributed by atoms with Gasteiger partial charge in [0.2, 0.25) is 0 Å². The maximum atomic E-state index is 9.96. The molecule has 5 atom stereocenters. The van der Waals surface area contributed by atoms with Crippen molar-refractivity contribution in [3.05, 3.63) is 35.9 Å². The SMILES string of the molecule is CO[C@H]1O[C@H]([C@@H](C)OCc2ccccc2)[C@@H](C)[C@@H]1O. The highest BCUT2D eigenvalue weighted by atomic mass is 16.7. The van der Waals surface area contributed by atoms with E-state index in [9.17, 15) is 5.11 Å². The van der Waals surface area contributed by atoms with Crippen LogP contribution in [0.4, 0.5) is 0 Å². The number of methoxy groups -OCH3 is 1. The van der Waals surface area contributed by atoms with Gasteiger partial charge in [-0.3, -0.25) is 0 Å². The van der Waals surface area contributed by atoms with Crippen LogP contribution in [0.3, 0.4) is 0 Å². The minimum absolute atomic E-state index is 0.00396. The van der Waals surface area contributed by atoms with Crippen LogP contribution in [0.5, 0.6) is 0 Å². The van der Waals surface area contributed by atoms with Crippen LogP contribution < -0.4 is 0 Å². The number of benzene rings is 1. The third-order valence-corrected chi connectivity index (χ3v) is 3.68. The van der Waals surface area contributed by atoms with E-state index >= 15 is 0 Å². The van der Waals surface area contributed by atoms with E-state index in [1.165, 1.54) is 0 Å². The molecule has 0 aromatic heterocycles. The van der Waals surface area contributed by atoms with Crippen molar-refractivity contribution in [1.29, 1.82) is 0 Å². The molecule has 0 aliphatic carbocycles. The molecule has 1 aliphatic heterocycles. The molecule has 0 amide bonds. The topological polar surface area (TPSA) is 47.9 Å². The summed E-state index contributed by atoms with van der Waals surface area (Å²) in [6, 6.07) is 10.0. The summed E-state index contributed by atoms with van der Waals surface area (Å²) in [7, 11) is 1.54. The van der Waals surface area contributed by atoms with E-state index in [-0.39, 0.29) is 18.1 Å². The molecule has 0 saturated carbocycles. The molecular weight excluding hydrogens is 244 g/mol. The fourth-order valence-electron chi connectivity index (χ4n) is 2.43. The molecule has 106 valence electrons. The zero-order chi connectivity index (χ0) is 13.8. The molecule has 0 spiro atoms. The normalized spacial score (nSPS) is 32.4. The third kappa shape index (κ3) is 3.34. The first kappa shape index (κ1) is 14.5. The van der Waals surface area contributed by atoms with Crippen molar-refractivity contribution in [2.24, 2.45) is 5.92 Å². The average molecular weight is 266 g/mol. The molecule has 1 N–H and O–H groups in total. The third-order valence-electron chi connectivity index (χ3n) is 3.68. The Bertz CT molecular complexity index is 381. The lowest BCUT2D eigenvalue weighted by Crippen LogP contribution is -2.32. The van der Waals surface area contributed by atoms with Gasteiger partial charge in [0, 0.05) is 13.0 Å². The summed E-state index contributed by atoms with van der Waals surface area (Å²) in [4.78, 5) is 0. The Labute approximate surface area is 114 Å². The monoisotopic (exact) mass is 266 g/mol. The average Bonchev–Trinajstić information content (AvgIpc) is 2.73. The van der Waals surface area contributed by atoms with Crippen LogP contribution in [0.2, 0.25) is 0 Å². The highest BCUT2D eigenvalue weighted by Crippen LogP contribution is 2.30. The largest absolute Gasteiger partial charge is 0.387 e. The predicted octanol–water partition coefficient (Wildman–Crippen LogP) is 1.96. The van der Waals surface area contributed by atoms with Crippen LogP contribution >= 0.6 is 0 Å². The molecule has 4 heteroatoms. The van der Waals surface area contributed by atoms with Gasteiger partial charge in [0.05, 0.1) is 18.8 Å². The van der Waals surface area contributed by atoms with Crippen molar-refractivity contribution >= 4 is 0 Å². The molecule has 1 aromatic carbocycles. The summed E-state index contributed by atoms with van der Waals surface area (Å²) in [5.74, 6) is -0.00396. The molecule has 1 fully saturated rings. The molecule has 1 aliphatic rings. The second-order valence-corrected chi connectivity index (χ2v) is 5.06. The Morgan fingerprint density at radius 1 is 1.32 bits per heavy atom. The maximum Gasteiger partial charge on any atom is 0.183 e. The summed E-state index contributed by atoms with van der Waals surface area (Å²) < 4.78 is 16.6. The summed E-state index contributed by atoms with van der Waals surface area (Å²) in [6.07, 6.45) is -1.39. The highest BCUT2D eigenvalue weighted by molar-refractivity contribution is 5.13. The molecule has 1 heterocycles. The second-order valence-electron chi connectivity index (χ2n) is 5.06. The van der Waals surface area contributed by atoms with Gasteiger partial charge >= 0.3 is 0 Å². The molecule has 1 saturated heterocycles. The van der Waals surface area contributed by atoms with Gasteiger partial charge in [-0.05, 0) is 12.5 Å². The molecule has 2 rings (SSSR count). The summed E-state index contributed by atoms with van der Waals surface area (Å²) >= 11 is 0. The van der Waals surface area contributed by atoms with E-state index in [1.54, 1.807) is 7.11 Å². The van der Waals surface area contributed by atoms with Crippen molar-refractivity contribution in [2.45, 2.75) is 45.1 Å². The van der Waals surface area contributed by atoms with Crippen LogP contribution in [0, 0.1) is 5.92 Å². The second kappa shape index (κ2) is 6.48. The smallest absolute Gasteiger partial charge is 0.183 e. The zero-order valence-corrected chi connectivity index (χ0v) is 11.7. The summed E-state index contributed by atoms with van der Waals surface area (Å²) in [6.45, 7) is 4.47. The molecule has 0 bridgehead atoms. The number of hydrogen-bond acceptors (Lipinski definition) is 4. The number of ether oxygens (including phenoxy) is 3. The van der Waals surface area contributed by atoms with Crippen molar-refractivity contribution in [3.63, 3.8) is 0 Å². The van der Waals surface area contributed by atoms with Crippen LogP contribution in [-0.4, -0.2) is 36.8 Å². The Kier molecular flexibility index (Phi) is 4.93. The lowest BCUT2D eigenvalue weighted by Gasteiger charge is -2.23. The fourth-order valence-corrected chi connectivity index (χ4v) is 2.43. The van der Waals surface area contributed by atoms with E-state index in [2.05, 4.69) is 0 Å². The molecule has 4 nitrogen and oxygen atoms in total. The number of hydrogen-bond donors (Lipinski definition) is 1. The first-order valence-corrected chi connectivity index (χ1v) is 6.65. The first-order valence-electron chi connectivity index (χ1n) is 6.65. The molecular formula is C15H22O4. The Morgan fingerprint density at radius 3 is 2.58 bits per heavy atom. The van der Waals surface area contributed by atoms with Crippen molar-refractivity contribution in [2.75, 3.05) is 7.11 Å². The quantitative estimate of drug-likeness (QED) is 0.885. The zero-order valence-electron chi connectivity index (χ0n) is 11.7. The van der Waals surface area contributed by atoms with E-state index < -0.39 is 12.4 Å². The number of aliphatic hydroxyl groups excluding tert-OH is 1. The Morgan fingerprint density at radius 2 is 2.00 bits per heavy atom. The Balaban J connectivity index is 1.88. The summed E-state index contributed by atoms with van der Waals surface area (Å²) in [5.41, 5.74) is 1.13.